The number of carbonyl (C=O) groups is 1. The Bertz CT molecular complexity index is 582. The van der Waals surface area contributed by atoms with E-state index in [1.807, 2.05) is 0 Å². The second kappa shape index (κ2) is 5.21. The smallest absolute Gasteiger partial charge is 0.308 e. The third-order valence-electron chi connectivity index (χ3n) is 3.46. The summed E-state index contributed by atoms with van der Waals surface area (Å²) < 4.78 is 23.4. The van der Waals surface area contributed by atoms with E-state index < -0.39 is 21.7 Å². The molecule has 104 valence electrons. The Labute approximate surface area is 112 Å². The Hall–Kier alpha value is -1.56. The van der Waals surface area contributed by atoms with Crippen molar-refractivity contribution < 1.29 is 18.3 Å². The average molecular weight is 283 g/mol. The van der Waals surface area contributed by atoms with Crippen molar-refractivity contribution in [1.82, 2.24) is 0 Å². The second-order valence-corrected chi connectivity index (χ2v) is 6.88. The third kappa shape index (κ3) is 3.07. The molecule has 2 rings (SSSR count). The second-order valence-electron chi connectivity index (χ2n) is 4.89. The molecular formula is C13H17NO4S. The lowest BCUT2D eigenvalue weighted by molar-refractivity contribution is -0.141. The molecule has 1 saturated carbocycles. The Morgan fingerprint density at radius 1 is 1.32 bits per heavy atom. The van der Waals surface area contributed by atoms with Crippen LogP contribution in [0.1, 0.15) is 19.3 Å². The number of benzene rings is 1. The molecular weight excluding hydrogens is 266 g/mol. The van der Waals surface area contributed by atoms with Crippen molar-refractivity contribution in [3.05, 3.63) is 24.3 Å². The van der Waals surface area contributed by atoms with E-state index in [-0.39, 0.29) is 10.9 Å². The molecule has 2 atom stereocenters. The molecule has 1 aliphatic rings. The first-order valence-corrected chi connectivity index (χ1v) is 8.07. The van der Waals surface area contributed by atoms with Gasteiger partial charge in [-0.2, -0.15) is 0 Å². The number of carboxylic acid groups (broad SMARTS) is 1. The fourth-order valence-corrected chi connectivity index (χ4v) is 3.39. The van der Waals surface area contributed by atoms with Crippen molar-refractivity contribution in [2.75, 3.05) is 11.6 Å². The largest absolute Gasteiger partial charge is 0.481 e. The van der Waals surface area contributed by atoms with Crippen molar-refractivity contribution >= 4 is 21.5 Å². The Balaban J connectivity index is 2.27. The van der Waals surface area contributed by atoms with E-state index in [0.717, 1.165) is 19.1 Å². The van der Waals surface area contributed by atoms with E-state index in [4.69, 9.17) is 5.11 Å². The SMILES string of the molecule is CS(=O)(=O)c1ccccc1NC1CCCC1C(=O)O. The molecule has 0 amide bonds. The maximum Gasteiger partial charge on any atom is 0.308 e. The van der Waals surface area contributed by atoms with Gasteiger partial charge in [0, 0.05) is 12.3 Å². The lowest BCUT2D eigenvalue weighted by Crippen LogP contribution is -2.30. The van der Waals surface area contributed by atoms with Crippen LogP contribution in [0.2, 0.25) is 0 Å². The van der Waals surface area contributed by atoms with Crippen LogP contribution < -0.4 is 5.32 Å². The number of hydrogen-bond acceptors (Lipinski definition) is 4. The Kier molecular flexibility index (Phi) is 3.80. The summed E-state index contributed by atoms with van der Waals surface area (Å²) >= 11 is 0. The third-order valence-corrected chi connectivity index (χ3v) is 4.62. The van der Waals surface area contributed by atoms with Gasteiger partial charge in [0.2, 0.25) is 0 Å². The summed E-state index contributed by atoms with van der Waals surface area (Å²) in [6.45, 7) is 0. The van der Waals surface area contributed by atoms with Gasteiger partial charge in [0.1, 0.15) is 0 Å². The van der Waals surface area contributed by atoms with Gasteiger partial charge in [-0.15, -0.1) is 0 Å². The van der Waals surface area contributed by atoms with Crippen molar-refractivity contribution in [3.8, 4) is 0 Å². The van der Waals surface area contributed by atoms with Crippen LogP contribution >= 0.6 is 0 Å². The normalized spacial score (nSPS) is 23.2. The molecule has 0 saturated heterocycles. The minimum atomic E-state index is -3.32. The molecule has 0 aliphatic heterocycles. The van der Waals surface area contributed by atoms with E-state index in [1.54, 1.807) is 18.2 Å². The molecule has 1 fully saturated rings. The van der Waals surface area contributed by atoms with Gasteiger partial charge in [0.25, 0.3) is 0 Å². The number of anilines is 1. The van der Waals surface area contributed by atoms with Crippen LogP contribution in [0.3, 0.4) is 0 Å². The van der Waals surface area contributed by atoms with E-state index in [9.17, 15) is 13.2 Å². The number of carboxylic acids is 1. The summed E-state index contributed by atoms with van der Waals surface area (Å²) in [6, 6.07) is 6.39. The van der Waals surface area contributed by atoms with Crippen LogP contribution in [0.15, 0.2) is 29.2 Å². The number of nitrogens with one attached hydrogen (secondary N) is 1. The molecule has 19 heavy (non-hydrogen) atoms. The maximum atomic E-state index is 11.7. The van der Waals surface area contributed by atoms with Gasteiger partial charge in [-0.1, -0.05) is 18.6 Å². The number of sulfone groups is 1. The summed E-state index contributed by atoms with van der Waals surface area (Å²) in [5.74, 6) is -1.28. The summed E-state index contributed by atoms with van der Waals surface area (Å²) in [4.78, 5) is 11.3. The van der Waals surface area contributed by atoms with E-state index >= 15 is 0 Å². The molecule has 2 unspecified atom stereocenters. The predicted octanol–water partition coefficient (Wildman–Crippen LogP) is 1.76. The summed E-state index contributed by atoms with van der Waals surface area (Å²) in [6.07, 6.45) is 3.37. The number of aliphatic carboxylic acids is 1. The fraction of sp³-hybridized carbons (Fsp3) is 0.462. The lowest BCUT2D eigenvalue weighted by Gasteiger charge is -2.20. The Morgan fingerprint density at radius 2 is 2.00 bits per heavy atom. The summed E-state index contributed by atoms with van der Waals surface area (Å²) in [5, 5.41) is 12.2. The molecule has 0 bridgehead atoms. The van der Waals surface area contributed by atoms with Crippen LogP contribution in [0, 0.1) is 5.92 Å². The maximum absolute atomic E-state index is 11.7. The van der Waals surface area contributed by atoms with Gasteiger partial charge in [0.15, 0.2) is 9.84 Å². The standard InChI is InChI=1S/C13H17NO4S/c1-19(17,18)12-8-3-2-6-11(12)14-10-7-4-5-9(10)13(15)16/h2-3,6,8-10,14H,4-5,7H2,1H3,(H,15,16). The van der Waals surface area contributed by atoms with Gasteiger partial charge < -0.3 is 10.4 Å². The number of hydrogen-bond donors (Lipinski definition) is 2. The molecule has 1 aromatic carbocycles. The van der Waals surface area contributed by atoms with Gasteiger partial charge in [0.05, 0.1) is 16.5 Å². The van der Waals surface area contributed by atoms with E-state index in [1.165, 1.54) is 6.07 Å². The first kappa shape index (κ1) is 13.9. The van der Waals surface area contributed by atoms with Crippen LogP contribution in [0.5, 0.6) is 0 Å². The predicted molar refractivity (Wildman–Crippen MR) is 71.9 cm³/mol. The minimum Gasteiger partial charge on any atom is -0.481 e. The zero-order valence-electron chi connectivity index (χ0n) is 10.7. The van der Waals surface area contributed by atoms with Crippen LogP contribution in [-0.2, 0) is 14.6 Å². The molecule has 2 N–H and O–H groups in total. The van der Waals surface area contributed by atoms with E-state index in [2.05, 4.69) is 5.32 Å². The minimum absolute atomic E-state index is 0.208. The van der Waals surface area contributed by atoms with Crippen molar-refractivity contribution in [1.29, 1.82) is 0 Å². The van der Waals surface area contributed by atoms with Gasteiger partial charge in [-0.25, -0.2) is 8.42 Å². The highest BCUT2D eigenvalue weighted by atomic mass is 32.2. The number of para-hydroxylation sites is 1. The van der Waals surface area contributed by atoms with Crippen molar-refractivity contribution in [3.63, 3.8) is 0 Å². The first-order chi connectivity index (χ1) is 8.89. The van der Waals surface area contributed by atoms with Gasteiger partial charge in [-0.3, -0.25) is 4.79 Å². The monoisotopic (exact) mass is 283 g/mol. The molecule has 0 heterocycles. The highest BCUT2D eigenvalue weighted by Crippen LogP contribution is 2.31. The average Bonchev–Trinajstić information content (AvgIpc) is 2.76. The lowest BCUT2D eigenvalue weighted by atomic mass is 10.0. The highest BCUT2D eigenvalue weighted by molar-refractivity contribution is 7.90. The molecule has 0 aromatic heterocycles. The summed E-state index contributed by atoms with van der Waals surface area (Å²) in [5.41, 5.74) is 0.489. The van der Waals surface area contributed by atoms with Crippen LogP contribution in [0.4, 0.5) is 5.69 Å². The van der Waals surface area contributed by atoms with Crippen molar-refractivity contribution in [2.45, 2.75) is 30.2 Å². The van der Waals surface area contributed by atoms with Crippen LogP contribution in [0.25, 0.3) is 0 Å². The molecule has 1 aromatic rings. The zero-order valence-corrected chi connectivity index (χ0v) is 11.5. The molecule has 0 radical (unpaired) electrons. The molecule has 6 heteroatoms. The molecule has 0 spiro atoms. The fourth-order valence-electron chi connectivity index (χ4n) is 2.54. The van der Waals surface area contributed by atoms with Crippen LogP contribution in [-0.4, -0.2) is 31.8 Å². The van der Waals surface area contributed by atoms with Crippen molar-refractivity contribution in [2.24, 2.45) is 5.92 Å². The van der Waals surface area contributed by atoms with Gasteiger partial charge >= 0.3 is 5.97 Å². The topological polar surface area (TPSA) is 83.5 Å². The molecule has 1 aliphatic carbocycles. The summed E-state index contributed by atoms with van der Waals surface area (Å²) in [7, 11) is -3.32. The Morgan fingerprint density at radius 3 is 2.63 bits per heavy atom. The zero-order chi connectivity index (χ0) is 14.0. The van der Waals surface area contributed by atoms with E-state index in [0.29, 0.717) is 12.1 Å². The number of rotatable bonds is 4. The van der Waals surface area contributed by atoms with Gasteiger partial charge in [-0.05, 0) is 25.0 Å². The molecule has 5 nitrogen and oxygen atoms in total. The quantitative estimate of drug-likeness (QED) is 0.879. The highest BCUT2D eigenvalue weighted by Gasteiger charge is 2.33. The first-order valence-electron chi connectivity index (χ1n) is 6.18.